The number of hydrogen-bond acceptors (Lipinski definition) is 3. The molecule has 1 aromatic rings. The van der Waals surface area contributed by atoms with Crippen molar-refractivity contribution in [2.45, 2.75) is 25.3 Å². The molecule has 0 bridgehead atoms. The van der Waals surface area contributed by atoms with E-state index in [1.807, 2.05) is 0 Å². The maximum atomic E-state index is 5.50. The van der Waals surface area contributed by atoms with Gasteiger partial charge in [0.2, 0.25) is 0 Å². The number of ether oxygens (including phenoxy) is 2. The summed E-state index contributed by atoms with van der Waals surface area (Å²) >= 11 is 0. The Bertz CT molecular complexity index is 428. The van der Waals surface area contributed by atoms with Crippen molar-refractivity contribution in [2.24, 2.45) is 0 Å². The molecule has 1 N–H and O–H groups in total. The number of nitrogens with one attached hydrogen (secondary N) is 1. The van der Waals surface area contributed by atoms with Crippen molar-refractivity contribution in [3.8, 4) is 11.5 Å². The molecule has 86 valence electrons. The largest absolute Gasteiger partial charge is 0.493 e. The Balaban J connectivity index is 2.22. The van der Waals surface area contributed by atoms with Crippen molar-refractivity contribution < 1.29 is 9.47 Å². The Kier molecular flexibility index (Phi) is 2.28. The van der Waals surface area contributed by atoms with E-state index in [-0.39, 0.29) is 0 Å². The van der Waals surface area contributed by atoms with E-state index in [1.54, 1.807) is 14.2 Å². The lowest BCUT2D eigenvalue weighted by Gasteiger charge is -2.25. The van der Waals surface area contributed by atoms with Crippen LogP contribution in [-0.2, 0) is 12.8 Å². The summed E-state index contributed by atoms with van der Waals surface area (Å²) < 4.78 is 10.9. The Labute approximate surface area is 95.8 Å². The lowest BCUT2D eigenvalue weighted by atomic mass is 9.94. The van der Waals surface area contributed by atoms with Gasteiger partial charge in [0.05, 0.1) is 14.2 Å². The summed E-state index contributed by atoms with van der Waals surface area (Å²) in [4.78, 5) is 0. The summed E-state index contributed by atoms with van der Waals surface area (Å²) in [5.74, 6) is 1.83. The third-order valence-corrected chi connectivity index (χ3v) is 3.71. The summed E-state index contributed by atoms with van der Waals surface area (Å²) in [6.45, 7) is 1.08. The van der Waals surface area contributed by atoms with E-state index < -0.39 is 0 Å². The number of methoxy groups -OCH3 is 2. The average molecular weight is 219 g/mol. The fraction of sp³-hybridized carbons (Fsp3) is 0.538. The van der Waals surface area contributed by atoms with E-state index in [2.05, 4.69) is 11.4 Å². The minimum atomic E-state index is 0.540. The number of benzene rings is 1. The Morgan fingerprint density at radius 3 is 2.88 bits per heavy atom. The highest BCUT2D eigenvalue weighted by Crippen LogP contribution is 2.45. The predicted octanol–water partition coefficient (Wildman–Crippen LogP) is 1.84. The predicted molar refractivity (Wildman–Crippen MR) is 62.3 cm³/mol. The van der Waals surface area contributed by atoms with E-state index in [0.29, 0.717) is 6.04 Å². The molecule has 16 heavy (non-hydrogen) atoms. The average Bonchev–Trinajstić information content (AvgIpc) is 2.75. The van der Waals surface area contributed by atoms with Crippen molar-refractivity contribution in [2.75, 3.05) is 20.8 Å². The van der Waals surface area contributed by atoms with Gasteiger partial charge in [-0.25, -0.2) is 0 Å². The van der Waals surface area contributed by atoms with Gasteiger partial charge in [-0.1, -0.05) is 0 Å². The third-order valence-electron chi connectivity index (χ3n) is 3.71. The van der Waals surface area contributed by atoms with Gasteiger partial charge in [0, 0.05) is 11.6 Å². The first-order valence-corrected chi connectivity index (χ1v) is 5.85. The molecule has 0 radical (unpaired) electrons. The molecule has 1 aromatic carbocycles. The number of hydrogen-bond donors (Lipinski definition) is 1. The monoisotopic (exact) mass is 219 g/mol. The second-order valence-corrected chi connectivity index (χ2v) is 4.46. The van der Waals surface area contributed by atoms with Gasteiger partial charge in [-0.05, 0) is 43.0 Å². The molecule has 1 atom stereocenters. The highest BCUT2D eigenvalue weighted by Gasteiger charge is 2.32. The molecule has 2 aliphatic rings. The minimum absolute atomic E-state index is 0.540. The van der Waals surface area contributed by atoms with Gasteiger partial charge < -0.3 is 14.8 Å². The molecule has 0 fully saturated rings. The van der Waals surface area contributed by atoms with Crippen LogP contribution in [0.2, 0.25) is 0 Å². The van der Waals surface area contributed by atoms with E-state index in [9.17, 15) is 0 Å². The van der Waals surface area contributed by atoms with Gasteiger partial charge in [0.1, 0.15) is 0 Å². The van der Waals surface area contributed by atoms with Gasteiger partial charge in [0.25, 0.3) is 0 Å². The summed E-state index contributed by atoms with van der Waals surface area (Å²) in [5.41, 5.74) is 4.27. The molecule has 0 saturated carbocycles. The fourth-order valence-corrected chi connectivity index (χ4v) is 3.05. The van der Waals surface area contributed by atoms with Crippen molar-refractivity contribution in [1.82, 2.24) is 5.32 Å². The van der Waals surface area contributed by atoms with E-state index in [4.69, 9.17) is 9.47 Å². The van der Waals surface area contributed by atoms with Crippen LogP contribution in [0.4, 0.5) is 0 Å². The molecule has 1 aliphatic heterocycles. The standard InChI is InChI=1S/C13H17NO2/c1-15-11-7-8-5-6-14-10-4-3-9(12(8)10)13(11)16-2/h7,10,14H,3-6H2,1-2H3. The third kappa shape index (κ3) is 1.24. The lowest BCUT2D eigenvalue weighted by Crippen LogP contribution is -2.27. The van der Waals surface area contributed by atoms with Gasteiger partial charge in [-0.15, -0.1) is 0 Å². The zero-order chi connectivity index (χ0) is 11.1. The normalized spacial score (nSPS) is 21.8. The molecule has 3 heteroatoms. The molecule has 1 unspecified atom stereocenters. The maximum Gasteiger partial charge on any atom is 0.164 e. The molecule has 0 aromatic heterocycles. The molecular formula is C13H17NO2. The zero-order valence-electron chi connectivity index (χ0n) is 9.80. The summed E-state index contributed by atoms with van der Waals surface area (Å²) in [7, 11) is 3.44. The van der Waals surface area contributed by atoms with Crippen molar-refractivity contribution in [3.63, 3.8) is 0 Å². The van der Waals surface area contributed by atoms with E-state index in [0.717, 1.165) is 30.9 Å². The van der Waals surface area contributed by atoms with Crippen LogP contribution in [0.25, 0.3) is 0 Å². The summed E-state index contributed by atoms with van der Waals surface area (Å²) in [6, 6.07) is 2.69. The van der Waals surface area contributed by atoms with Gasteiger partial charge in [-0.2, -0.15) is 0 Å². The highest BCUT2D eigenvalue weighted by molar-refractivity contribution is 5.58. The van der Waals surface area contributed by atoms with Gasteiger partial charge in [0.15, 0.2) is 11.5 Å². The van der Waals surface area contributed by atoms with Crippen molar-refractivity contribution >= 4 is 0 Å². The zero-order valence-corrected chi connectivity index (χ0v) is 9.80. The van der Waals surface area contributed by atoms with Crippen molar-refractivity contribution in [1.29, 1.82) is 0 Å². The lowest BCUT2D eigenvalue weighted by molar-refractivity contribution is 0.351. The molecule has 3 nitrogen and oxygen atoms in total. The SMILES string of the molecule is COc1cc2c3c(c1OC)CCC3NCC2. The van der Waals surface area contributed by atoms with Crippen LogP contribution in [0.5, 0.6) is 11.5 Å². The van der Waals surface area contributed by atoms with Crippen LogP contribution in [-0.4, -0.2) is 20.8 Å². The topological polar surface area (TPSA) is 30.5 Å². The molecular weight excluding hydrogens is 202 g/mol. The summed E-state index contributed by atoms with van der Waals surface area (Å²) in [6.07, 6.45) is 3.38. The number of rotatable bonds is 2. The first kappa shape index (κ1) is 9.97. The van der Waals surface area contributed by atoms with E-state index in [1.165, 1.54) is 23.1 Å². The van der Waals surface area contributed by atoms with Crippen LogP contribution in [0.1, 0.15) is 29.2 Å². The second kappa shape index (κ2) is 3.67. The van der Waals surface area contributed by atoms with Crippen LogP contribution in [0.3, 0.4) is 0 Å². The molecule has 0 amide bonds. The molecule has 0 saturated heterocycles. The first-order chi connectivity index (χ1) is 7.85. The quantitative estimate of drug-likeness (QED) is 0.823. The molecule has 0 spiro atoms. The smallest absolute Gasteiger partial charge is 0.164 e. The second-order valence-electron chi connectivity index (χ2n) is 4.46. The van der Waals surface area contributed by atoms with Gasteiger partial charge >= 0.3 is 0 Å². The highest BCUT2D eigenvalue weighted by atomic mass is 16.5. The Morgan fingerprint density at radius 1 is 1.25 bits per heavy atom. The van der Waals surface area contributed by atoms with Crippen molar-refractivity contribution in [3.05, 3.63) is 22.8 Å². The molecule has 1 heterocycles. The van der Waals surface area contributed by atoms with Crippen LogP contribution >= 0.6 is 0 Å². The van der Waals surface area contributed by atoms with Crippen LogP contribution in [0, 0.1) is 0 Å². The van der Waals surface area contributed by atoms with Crippen LogP contribution < -0.4 is 14.8 Å². The van der Waals surface area contributed by atoms with Crippen LogP contribution in [0.15, 0.2) is 6.07 Å². The van der Waals surface area contributed by atoms with E-state index >= 15 is 0 Å². The minimum Gasteiger partial charge on any atom is -0.493 e. The summed E-state index contributed by atoms with van der Waals surface area (Å²) in [5, 5.41) is 3.57. The molecule has 1 aliphatic carbocycles. The maximum absolute atomic E-state index is 5.50. The first-order valence-electron chi connectivity index (χ1n) is 5.85. The van der Waals surface area contributed by atoms with Gasteiger partial charge in [-0.3, -0.25) is 0 Å². The molecule has 3 rings (SSSR count). The fourth-order valence-electron chi connectivity index (χ4n) is 3.05. The Hall–Kier alpha value is -1.22. The Morgan fingerprint density at radius 2 is 2.12 bits per heavy atom.